The van der Waals surface area contributed by atoms with E-state index in [1.54, 1.807) is 11.3 Å². The van der Waals surface area contributed by atoms with Crippen LogP contribution in [-0.2, 0) is 0 Å². The zero-order chi connectivity index (χ0) is 16.0. The first-order valence-electron chi connectivity index (χ1n) is 7.76. The lowest BCUT2D eigenvalue weighted by Crippen LogP contribution is -2.27. The van der Waals surface area contributed by atoms with E-state index in [9.17, 15) is 0 Å². The Bertz CT molecular complexity index is 974. The number of para-hydroxylation sites is 1. The van der Waals surface area contributed by atoms with Crippen LogP contribution in [-0.4, -0.2) is 14.9 Å². The van der Waals surface area contributed by atoms with Crippen LogP contribution < -0.4 is 5.32 Å². The molecule has 0 spiro atoms. The summed E-state index contributed by atoms with van der Waals surface area (Å²) in [6.07, 6.45) is 0. The quantitative estimate of drug-likeness (QED) is 0.533. The predicted octanol–water partition coefficient (Wildman–Crippen LogP) is 5.43. The van der Waals surface area contributed by atoms with Gasteiger partial charge in [0.15, 0.2) is 4.96 Å². The zero-order valence-electron chi connectivity index (χ0n) is 13.5. The van der Waals surface area contributed by atoms with Gasteiger partial charge in [-0.15, -0.1) is 0 Å². The van der Waals surface area contributed by atoms with E-state index in [1.807, 2.05) is 6.07 Å². The van der Waals surface area contributed by atoms with Crippen molar-refractivity contribution in [3.8, 4) is 11.3 Å². The average molecular weight is 321 g/mol. The maximum absolute atomic E-state index is 4.92. The fourth-order valence-corrected chi connectivity index (χ4v) is 3.81. The van der Waals surface area contributed by atoms with Crippen molar-refractivity contribution in [3.63, 3.8) is 0 Å². The Labute approximate surface area is 139 Å². The molecule has 0 saturated carbocycles. The molecule has 2 aromatic heterocycles. The van der Waals surface area contributed by atoms with Crippen LogP contribution in [0.1, 0.15) is 20.8 Å². The Balaban J connectivity index is 2.04. The minimum atomic E-state index is -0.0392. The number of thiazole rings is 1. The molecule has 0 amide bonds. The van der Waals surface area contributed by atoms with Crippen LogP contribution in [0.15, 0.2) is 54.6 Å². The molecule has 0 aliphatic carbocycles. The number of hydrogen-bond donors (Lipinski definition) is 1. The number of rotatable bonds is 2. The van der Waals surface area contributed by atoms with Gasteiger partial charge in [0.25, 0.3) is 0 Å². The molecule has 2 aromatic carbocycles. The largest absolute Gasteiger partial charge is 0.365 e. The van der Waals surface area contributed by atoms with Crippen molar-refractivity contribution in [2.24, 2.45) is 0 Å². The van der Waals surface area contributed by atoms with Crippen molar-refractivity contribution in [1.29, 1.82) is 0 Å². The third-order valence-corrected chi connectivity index (χ3v) is 4.72. The summed E-state index contributed by atoms with van der Waals surface area (Å²) >= 11 is 1.73. The number of aromatic nitrogens is 2. The smallest absolute Gasteiger partial charge is 0.197 e. The van der Waals surface area contributed by atoms with Gasteiger partial charge >= 0.3 is 0 Å². The van der Waals surface area contributed by atoms with E-state index >= 15 is 0 Å². The maximum atomic E-state index is 4.92. The molecule has 23 heavy (non-hydrogen) atoms. The van der Waals surface area contributed by atoms with Gasteiger partial charge in [-0.25, -0.2) is 4.98 Å². The molecule has 116 valence electrons. The molecule has 0 fully saturated rings. The highest BCUT2D eigenvalue weighted by molar-refractivity contribution is 7.23. The number of nitrogens with one attached hydrogen (secondary N) is 1. The van der Waals surface area contributed by atoms with E-state index < -0.39 is 0 Å². The second-order valence-corrected chi connectivity index (χ2v) is 7.75. The van der Waals surface area contributed by atoms with Crippen LogP contribution in [0.4, 0.5) is 5.82 Å². The minimum absolute atomic E-state index is 0.0392. The number of hydrogen-bond acceptors (Lipinski definition) is 3. The predicted molar refractivity (Wildman–Crippen MR) is 99.4 cm³/mol. The minimum Gasteiger partial charge on any atom is -0.365 e. The first-order valence-corrected chi connectivity index (χ1v) is 8.58. The monoisotopic (exact) mass is 321 g/mol. The van der Waals surface area contributed by atoms with E-state index in [0.29, 0.717) is 0 Å². The molecule has 4 heteroatoms. The van der Waals surface area contributed by atoms with Gasteiger partial charge in [-0.05, 0) is 32.9 Å². The van der Waals surface area contributed by atoms with Crippen molar-refractivity contribution in [2.75, 3.05) is 5.32 Å². The number of anilines is 1. The summed E-state index contributed by atoms with van der Waals surface area (Å²) in [5, 5.41) is 3.66. The van der Waals surface area contributed by atoms with Gasteiger partial charge in [0.2, 0.25) is 0 Å². The Morgan fingerprint density at radius 2 is 1.65 bits per heavy atom. The van der Waals surface area contributed by atoms with Gasteiger partial charge in [-0.3, -0.25) is 4.40 Å². The van der Waals surface area contributed by atoms with E-state index in [0.717, 1.165) is 22.0 Å². The fraction of sp³-hybridized carbons (Fsp3) is 0.211. The fourth-order valence-electron chi connectivity index (χ4n) is 2.79. The van der Waals surface area contributed by atoms with Crippen LogP contribution in [0, 0.1) is 0 Å². The Morgan fingerprint density at radius 3 is 2.39 bits per heavy atom. The zero-order valence-corrected chi connectivity index (χ0v) is 14.3. The summed E-state index contributed by atoms with van der Waals surface area (Å²) in [6.45, 7) is 6.53. The molecule has 0 bridgehead atoms. The van der Waals surface area contributed by atoms with Gasteiger partial charge in [0.1, 0.15) is 11.5 Å². The van der Waals surface area contributed by atoms with Crippen LogP contribution in [0.3, 0.4) is 0 Å². The lowest BCUT2D eigenvalue weighted by Gasteiger charge is -2.22. The lowest BCUT2D eigenvalue weighted by atomic mass is 10.1. The van der Waals surface area contributed by atoms with E-state index in [1.165, 1.54) is 10.2 Å². The first kappa shape index (κ1) is 14.3. The summed E-state index contributed by atoms with van der Waals surface area (Å²) < 4.78 is 3.50. The van der Waals surface area contributed by atoms with Gasteiger partial charge in [0.05, 0.1) is 10.2 Å². The molecule has 0 saturated heterocycles. The number of nitrogens with zero attached hydrogens (tertiary/aromatic N) is 2. The summed E-state index contributed by atoms with van der Waals surface area (Å²) in [4.78, 5) is 5.95. The van der Waals surface area contributed by atoms with Gasteiger partial charge in [-0.1, -0.05) is 53.8 Å². The van der Waals surface area contributed by atoms with Crippen LogP contribution in [0.2, 0.25) is 0 Å². The summed E-state index contributed by atoms with van der Waals surface area (Å²) in [5.41, 5.74) is 3.31. The molecule has 2 heterocycles. The normalized spacial score (nSPS) is 12.1. The van der Waals surface area contributed by atoms with Crippen molar-refractivity contribution in [3.05, 3.63) is 54.6 Å². The van der Waals surface area contributed by atoms with E-state index in [2.05, 4.69) is 79.0 Å². The highest BCUT2D eigenvalue weighted by Crippen LogP contribution is 2.36. The molecule has 3 nitrogen and oxygen atoms in total. The number of imidazole rings is 1. The molecule has 0 unspecified atom stereocenters. The van der Waals surface area contributed by atoms with Crippen molar-refractivity contribution in [2.45, 2.75) is 26.3 Å². The standard InChI is InChI=1S/C19H19N3S/c1-19(2,3)21-17-16(13-9-5-4-6-10-13)20-18-22(17)14-11-7-8-12-15(14)23-18/h4-12,21H,1-3H3. The van der Waals surface area contributed by atoms with Gasteiger partial charge in [0, 0.05) is 11.1 Å². The first-order chi connectivity index (χ1) is 11.0. The highest BCUT2D eigenvalue weighted by Gasteiger charge is 2.21. The molecular formula is C19H19N3S. The average Bonchev–Trinajstić information content (AvgIpc) is 3.04. The highest BCUT2D eigenvalue weighted by atomic mass is 32.1. The SMILES string of the molecule is CC(C)(C)Nc1c(-c2ccccc2)nc2sc3ccccc3n12. The molecule has 4 rings (SSSR count). The van der Waals surface area contributed by atoms with Gasteiger partial charge < -0.3 is 5.32 Å². The molecule has 1 N–H and O–H groups in total. The Kier molecular flexibility index (Phi) is 3.16. The van der Waals surface area contributed by atoms with Crippen molar-refractivity contribution in [1.82, 2.24) is 9.38 Å². The number of benzene rings is 2. The molecule has 0 aliphatic heterocycles. The summed E-state index contributed by atoms with van der Waals surface area (Å²) in [6, 6.07) is 18.8. The molecule has 0 aliphatic rings. The Hall–Kier alpha value is -2.33. The molecule has 0 radical (unpaired) electrons. The third-order valence-electron chi connectivity index (χ3n) is 3.69. The topological polar surface area (TPSA) is 29.3 Å². The van der Waals surface area contributed by atoms with Gasteiger partial charge in [-0.2, -0.15) is 0 Å². The maximum Gasteiger partial charge on any atom is 0.197 e. The summed E-state index contributed by atoms with van der Waals surface area (Å²) in [5.74, 6) is 1.07. The van der Waals surface area contributed by atoms with Crippen LogP contribution >= 0.6 is 11.3 Å². The van der Waals surface area contributed by atoms with Crippen LogP contribution in [0.5, 0.6) is 0 Å². The molecular weight excluding hydrogens is 302 g/mol. The number of fused-ring (bicyclic) bond motifs is 3. The molecule has 4 aromatic rings. The molecule has 0 atom stereocenters. The van der Waals surface area contributed by atoms with Crippen LogP contribution in [0.25, 0.3) is 26.4 Å². The third kappa shape index (κ3) is 2.49. The second-order valence-electron chi connectivity index (χ2n) is 6.74. The van der Waals surface area contributed by atoms with Crippen molar-refractivity contribution >= 4 is 32.3 Å². The lowest BCUT2D eigenvalue weighted by molar-refractivity contribution is 0.630. The van der Waals surface area contributed by atoms with E-state index in [4.69, 9.17) is 4.98 Å². The van der Waals surface area contributed by atoms with Crippen molar-refractivity contribution < 1.29 is 0 Å². The van der Waals surface area contributed by atoms with E-state index in [-0.39, 0.29) is 5.54 Å². The second kappa shape index (κ2) is 5.10. The summed E-state index contributed by atoms with van der Waals surface area (Å²) in [7, 11) is 0. The Morgan fingerprint density at radius 1 is 0.957 bits per heavy atom.